The fourth-order valence-electron chi connectivity index (χ4n) is 4.89. The van der Waals surface area contributed by atoms with Crippen molar-refractivity contribution in [2.45, 2.75) is 89.9 Å². The van der Waals surface area contributed by atoms with Crippen LogP contribution in [0, 0.1) is 4.77 Å². The number of aromatic nitrogens is 3. The van der Waals surface area contributed by atoms with Crippen LogP contribution in [-0.4, -0.2) is 38.6 Å². The zero-order chi connectivity index (χ0) is 21.3. The Labute approximate surface area is 185 Å². The molecule has 2 aliphatic rings. The third-order valence-electron chi connectivity index (χ3n) is 6.86. The number of likely N-dealkylation sites (tertiary alicyclic amines) is 1. The van der Waals surface area contributed by atoms with Crippen LogP contribution in [-0.2, 0) is 12.1 Å². The lowest BCUT2D eigenvalue weighted by Gasteiger charge is -2.26. The largest absolute Gasteiger partial charge is 0.393 e. The molecule has 2 aromatic rings. The van der Waals surface area contributed by atoms with Gasteiger partial charge < -0.3 is 10.0 Å². The molecule has 0 radical (unpaired) electrons. The van der Waals surface area contributed by atoms with Crippen LogP contribution in [0.5, 0.6) is 0 Å². The van der Waals surface area contributed by atoms with Gasteiger partial charge in [-0.3, -0.25) is 4.57 Å². The molecule has 0 amide bonds. The van der Waals surface area contributed by atoms with Crippen molar-refractivity contribution in [3.05, 3.63) is 34.6 Å². The minimum atomic E-state index is -0.140. The molecular formula is C24H37N4OS+. The van der Waals surface area contributed by atoms with Gasteiger partial charge in [0, 0.05) is 24.4 Å². The Hall–Kier alpha value is -1.50. The molecule has 1 aromatic heterocycles. The van der Waals surface area contributed by atoms with Crippen LogP contribution in [0.15, 0.2) is 24.3 Å². The van der Waals surface area contributed by atoms with Crippen LogP contribution in [0.2, 0.25) is 0 Å². The zero-order valence-electron chi connectivity index (χ0n) is 18.7. The number of aliphatic hydroxyl groups excluding tert-OH is 1. The van der Waals surface area contributed by atoms with E-state index in [1.54, 1.807) is 0 Å². The van der Waals surface area contributed by atoms with Gasteiger partial charge in [-0.15, -0.1) is 5.10 Å². The van der Waals surface area contributed by atoms with E-state index in [0.717, 1.165) is 48.8 Å². The standard InChI is InChI=1S/C24H36N4OS/c1-24(2,3)19-11-9-18(10-12-19)22-25-27(17-26-15-13-21(29)14-16-26)23(30)28(22)20-7-5-4-6-8-20/h9-12,20-21,29H,4-8,13-17H2,1-3H3/p+1. The van der Waals surface area contributed by atoms with Gasteiger partial charge in [0.1, 0.15) is 0 Å². The average molecular weight is 430 g/mol. The summed E-state index contributed by atoms with van der Waals surface area (Å²) in [6.07, 6.45) is 7.85. The van der Waals surface area contributed by atoms with Gasteiger partial charge >= 0.3 is 0 Å². The van der Waals surface area contributed by atoms with Gasteiger partial charge in [0.05, 0.1) is 19.2 Å². The molecule has 0 spiro atoms. The van der Waals surface area contributed by atoms with E-state index in [0.29, 0.717) is 6.04 Å². The Balaban J connectivity index is 1.68. The Morgan fingerprint density at radius 2 is 1.67 bits per heavy atom. The van der Waals surface area contributed by atoms with Crippen molar-refractivity contribution in [1.82, 2.24) is 14.3 Å². The molecule has 0 bridgehead atoms. The maximum atomic E-state index is 9.83. The van der Waals surface area contributed by atoms with Crippen LogP contribution in [0.3, 0.4) is 0 Å². The molecule has 1 aliphatic heterocycles. The highest BCUT2D eigenvalue weighted by Crippen LogP contribution is 2.33. The quantitative estimate of drug-likeness (QED) is 0.725. The summed E-state index contributed by atoms with van der Waals surface area (Å²) in [5.41, 5.74) is 2.63. The van der Waals surface area contributed by atoms with E-state index in [9.17, 15) is 5.11 Å². The molecule has 2 heterocycles. The van der Waals surface area contributed by atoms with E-state index >= 15 is 0 Å². The molecule has 4 rings (SSSR count). The zero-order valence-corrected chi connectivity index (χ0v) is 19.5. The summed E-state index contributed by atoms with van der Waals surface area (Å²) in [5, 5.41) is 14.9. The fraction of sp³-hybridized carbons (Fsp3) is 0.667. The molecule has 0 unspecified atom stereocenters. The highest BCUT2D eigenvalue weighted by Gasteiger charge is 2.26. The van der Waals surface area contributed by atoms with Gasteiger partial charge in [0.15, 0.2) is 12.5 Å². The molecule has 2 fully saturated rings. The van der Waals surface area contributed by atoms with Crippen molar-refractivity contribution in [2.24, 2.45) is 0 Å². The van der Waals surface area contributed by atoms with Gasteiger partial charge in [-0.2, -0.15) is 4.68 Å². The average Bonchev–Trinajstić information content (AvgIpc) is 3.06. The summed E-state index contributed by atoms with van der Waals surface area (Å²) in [6.45, 7) is 9.50. The predicted octanol–water partition coefficient (Wildman–Crippen LogP) is 3.88. The van der Waals surface area contributed by atoms with E-state index in [1.165, 1.54) is 42.6 Å². The number of piperidine rings is 1. The number of nitrogens with zero attached hydrogens (tertiary/aromatic N) is 3. The number of aliphatic hydroxyl groups is 1. The third-order valence-corrected chi connectivity index (χ3v) is 7.26. The van der Waals surface area contributed by atoms with E-state index in [4.69, 9.17) is 17.3 Å². The molecule has 2 N–H and O–H groups in total. The van der Waals surface area contributed by atoms with E-state index in [2.05, 4.69) is 49.6 Å². The lowest BCUT2D eigenvalue weighted by atomic mass is 9.86. The van der Waals surface area contributed by atoms with Gasteiger partial charge in [-0.1, -0.05) is 64.3 Å². The van der Waals surface area contributed by atoms with Crippen molar-refractivity contribution >= 4 is 12.2 Å². The maximum absolute atomic E-state index is 9.83. The summed E-state index contributed by atoms with van der Waals surface area (Å²) in [6, 6.07) is 9.35. The third kappa shape index (κ3) is 4.71. The Bertz CT molecular complexity index is 895. The van der Waals surface area contributed by atoms with Crippen molar-refractivity contribution in [1.29, 1.82) is 0 Å². The van der Waals surface area contributed by atoms with Gasteiger partial charge in [0.25, 0.3) is 0 Å². The molecule has 6 heteroatoms. The molecule has 5 nitrogen and oxygen atoms in total. The minimum absolute atomic E-state index is 0.140. The molecule has 1 aromatic carbocycles. The summed E-state index contributed by atoms with van der Waals surface area (Å²) < 4.78 is 5.25. The SMILES string of the molecule is CC(C)(C)c1ccc(-c2nn(C[NH+]3CCC(O)CC3)c(=S)n2C2CCCCC2)cc1. The first-order valence-corrected chi connectivity index (χ1v) is 12.1. The Morgan fingerprint density at radius 1 is 1.03 bits per heavy atom. The molecule has 0 atom stereocenters. The number of benzene rings is 1. The first-order chi connectivity index (χ1) is 14.3. The van der Waals surface area contributed by atoms with Gasteiger partial charge in [-0.25, -0.2) is 0 Å². The van der Waals surface area contributed by atoms with Crippen LogP contribution in [0.1, 0.15) is 77.3 Å². The highest BCUT2D eigenvalue weighted by molar-refractivity contribution is 7.71. The highest BCUT2D eigenvalue weighted by atomic mass is 32.1. The monoisotopic (exact) mass is 429 g/mol. The summed E-state index contributed by atoms with van der Waals surface area (Å²) in [7, 11) is 0. The second-order valence-corrected chi connectivity index (χ2v) is 10.6. The topological polar surface area (TPSA) is 47.4 Å². The second-order valence-electron chi connectivity index (χ2n) is 10.2. The lowest BCUT2D eigenvalue weighted by molar-refractivity contribution is -0.929. The number of hydrogen-bond acceptors (Lipinski definition) is 3. The fourth-order valence-corrected chi connectivity index (χ4v) is 5.23. The van der Waals surface area contributed by atoms with Gasteiger partial charge in [-0.05, 0) is 36.0 Å². The van der Waals surface area contributed by atoms with E-state index in [-0.39, 0.29) is 11.5 Å². The predicted molar refractivity (Wildman–Crippen MR) is 123 cm³/mol. The summed E-state index contributed by atoms with van der Waals surface area (Å²) >= 11 is 5.97. The van der Waals surface area contributed by atoms with E-state index in [1.807, 2.05) is 4.68 Å². The molecule has 1 saturated carbocycles. The maximum Gasteiger partial charge on any atom is 0.203 e. The second kappa shape index (κ2) is 8.93. The first-order valence-electron chi connectivity index (χ1n) is 11.6. The molecule has 164 valence electrons. The summed E-state index contributed by atoms with van der Waals surface area (Å²) in [5.74, 6) is 1.02. The first kappa shape index (κ1) is 21.7. The number of rotatable bonds is 4. The molecule has 1 saturated heterocycles. The van der Waals surface area contributed by atoms with Crippen molar-refractivity contribution in [3.63, 3.8) is 0 Å². The van der Waals surface area contributed by atoms with Crippen LogP contribution in [0.4, 0.5) is 0 Å². The van der Waals surface area contributed by atoms with Crippen molar-refractivity contribution in [3.8, 4) is 11.4 Å². The molecule has 30 heavy (non-hydrogen) atoms. The number of nitrogens with one attached hydrogen (secondary N) is 1. The van der Waals surface area contributed by atoms with Crippen molar-refractivity contribution in [2.75, 3.05) is 13.1 Å². The molecular weight excluding hydrogens is 392 g/mol. The normalized spacial score (nSPS) is 23.6. The summed E-state index contributed by atoms with van der Waals surface area (Å²) in [4.78, 5) is 1.46. The Morgan fingerprint density at radius 3 is 2.27 bits per heavy atom. The smallest absolute Gasteiger partial charge is 0.203 e. The lowest BCUT2D eigenvalue weighted by Crippen LogP contribution is -3.12. The minimum Gasteiger partial charge on any atom is -0.393 e. The van der Waals surface area contributed by atoms with E-state index < -0.39 is 0 Å². The number of hydrogen-bond donors (Lipinski definition) is 2. The van der Waals surface area contributed by atoms with Crippen LogP contribution in [0.25, 0.3) is 11.4 Å². The number of quaternary nitrogens is 1. The Kier molecular flexibility index (Phi) is 6.47. The van der Waals surface area contributed by atoms with Crippen molar-refractivity contribution < 1.29 is 10.0 Å². The van der Waals surface area contributed by atoms with Crippen LogP contribution >= 0.6 is 12.2 Å². The van der Waals surface area contributed by atoms with Crippen LogP contribution < -0.4 is 4.90 Å². The van der Waals surface area contributed by atoms with Gasteiger partial charge in [0.2, 0.25) is 4.77 Å². The molecule has 1 aliphatic carbocycles.